The zero-order chi connectivity index (χ0) is 21.7. The van der Waals surface area contributed by atoms with E-state index in [-0.39, 0.29) is 6.61 Å². The molecule has 32 heavy (non-hydrogen) atoms. The number of ether oxygens (including phenoxy) is 1. The quantitative estimate of drug-likeness (QED) is 0.338. The van der Waals surface area contributed by atoms with E-state index >= 15 is 0 Å². The molecule has 0 saturated carbocycles. The van der Waals surface area contributed by atoms with Crippen LogP contribution in [-0.4, -0.2) is 5.11 Å². The lowest BCUT2D eigenvalue weighted by molar-refractivity contribution is 0.135. The molecule has 1 aliphatic heterocycles. The van der Waals surface area contributed by atoms with Crippen molar-refractivity contribution >= 4 is 21.5 Å². The molecule has 5 aromatic carbocycles. The Hall–Kier alpha value is -3.46. The molecule has 0 amide bonds. The minimum absolute atomic E-state index is 0.00453. The molecule has 0 aliphatic carbocycles. The van der Waals surface area contributed by atoms with Crippen molar-refractivity contribution in [3.05, 3.63) is 107 Å². The molecular formula is C30H24O2. The minimum atomic E-state index is -0.00453. The number of benzene rings is 5. The van der Waals surface area contributed by atoms with Gasteiger partial charge in [0.2, 0.25) is 0 Å². The van der Waals surface area contributed by atoms with Crippen LogP contribution in [0.1, 0.15) is 22.3 Å². The van der Waals surface area contributed by atoms with Crippen molar-refractivity contribution in [1.29, 1.82) is 0 Å². The van der Waals surface area contributed by atoms with Crippen LogP contribution in [0.25, 0.3) is 43.8 Å². The van der Waals surface area contributed by atoms with Gasteiger partial charge in [-0.05, 0) is 73.0 Å². The Morgan fingerprint density at radius 2 is 1.16 bits per heavy atom. The molecule has 2 nitrogen and oxygen atoms in total. The van der Waals surface area contributed by atoms with Gasteiger partial charge in [-0.25, -0.2) is 0 Å². The van der Waals surface area contributed by atoms with Crippen LogP contribution in [0.15, 0.2) is 84.9 Å². The van der Waals surface area contributed by atoms with Gasteiger partial charge in [0.05, 0.1) is 19.8 Å². The standard InChI is InChI=1S/C30H24O2/c1-19-26(16-31)30(25-15-7-11-21-9-3-5-13-23(21)25)28-18-32-17-27(28)29(19)24-14-6-10-20-8-2-4-12-22(20)24/h2-15,31H,16-18H2,1H3. The Morgan fingerprint density at radius 3 is 1.75 bits per heavy atom. The first kappa shape index (κ1) is 19.2. The number of fused-ring (bicyclic) bond motifs is 3. The van der Waals surface area contributed by atoms with E-state index in [4.69, 9.17) is 4.74 Å². The molecule has 1 aliphatic rings. The Labute approximate surface area is 187 Å². The van der Waals surface area contributed by atoms with Crippen molar-refractivity contribution in [1.82, 2.24) is 0 Å². The van der Waals surface area contributed by atoms with Crippen LogP contribution < -0.4 is 0 Å². The SMILES string of the molecule is Cc1c(CO)c(-c2cccc3ccccc23)c2c(c1-c1cccc3ccccc13)COC2. The van der Waals surface area contributed by atoms with E-state index in [0.29, 0.717) is 13.2 Å². The van der Waals surface area contributed by atoms with Gasteiger partial charge in [0.25, 0.3) is 0 Å². The summed E-state index contributed by atoms with van der Waals surface area (Å²) in [4.78, 5) is 0. The van der Waals surface area contributed by atoms with E-state index in [1.807, 2.05) is 0 Å². The highest BCUT2D eigenvalue weighted by Crippen LogP contribution is 2.46. The van der Waals surface area contributed by atoms with Crippen molar-refractivity contribution in [3.63, 3.8) is 0 Å². The molecule has 0 bridgehead atoms. The van der Waals surface area contributed by atoms with Gasteiger partial charge >= 0.3 is 0 Å². The molecule has 0 saturated heterocycles. The number of hydrogen-bond donors (Lipinski definition) is 1. The van der Waals surface area contributed by atoms with Gasteiger partial charge in [-0.3, -0.25) is 0 Å². The molecule has 2 heteroatoms. The predicted octanol–water partition coefficient (Wildman–Crippen LogP) is 7.16. The molecule has 0 aromatic heterocycles. The molecule has 0 spiro atoms. The predicted molar refractivity (Wildman–Crippen MR) is 131 cm³/mol. The summed E-state index contributed by atoms with van der Waals surface area (Å²) >= 11 is 0. The molecular weight excluding hydrogens is 392 g/mol. The van der Waals surface area contributed by atoms with E-state index in [1.54, 1.807) is 0 Å². The fraction of sp³-hybridized carbons (Fsp3) is 0.133. The van der Waals surface area contributed by atoms with E-state index < -0.39 is 0 Å². The lowest BCUT2D eigenvalue weighted by Gasteiger charge is -2.22. The largest absolute Gasteiger partial charge is 0.392 e. The first-order chi connectivity index (χ1) is 15.8. The summed E-state index contributed by atoms with van der Waals surface area (Å²) in [5.74, 6) is 0. The smallest absolute Gasteiger partial charge is 0.0731 e. The Morgan fingerprint density at radius 1 is 0.656 bits per heavy atom. The number of aliphatic hydroxyl groups excluding tert-OH is 1. The fourth-order valence-corrected chi connectivity index (χ4v) is 5.40. The van der Waals surface area contributed by atoms with E-state index in [2.05, 4.69) is 91.9 Å². The van der Waals surface area contributed by atoms with E-state index in [1.165, 1.54) is 49.4 Å². The molecule has 0 unspecified atom stereocenters. The molecule has 156 valence electrons. The molecule has 0 atom stereocenters. The van der Waals surface area contributed by atoms with Crippen LogP contribution in [0.5, 0.6) is 0 Å². The molecule has 1 N–H and O–H groups in total. The number of aliphatic hydroxyl groups is 1. The van der Waals surface area contributed by atoms with Crippen LogP contribution in [0.4, 0.5) is 0 Å². The average Bonchev–Trinajstić information content (AvgIpc) is 3.32. The summed E-state index contributed by atoms with van der Waals surface area (Å²) in [7, 11) is 0. The first-order valence-electron chi connectivity index (χ1n) is 11.1. The molecule has 0 radical (unpaired) electrons. The summed E-state index contributed by atoms with van der Waals surface area (Å²) < 4.78 is 6.04. The normalized spacial score (nSPS) is 13.1. The third kappa shape index (κ3) is 2.81. The van der Waals surface area contributed by atoms with Gasteiger partial charge in [0.1, 0.15) is 0 Å². The lowest BCUT2D eigenvalue weighted by atomic mass is 9.81. The third-order valence-corrected chi connectivity index (χ3v) is 6.87. The molecule has 1 heterocycles. The van der Waals surface area contributed by atoms with Crippen LogP contribution in [0.2, 0.25) is 0 Å². The van der Waals surface area contributed by atoms with Crippen molar-refractivity contribution in [2.24, 2.45) is 0 Å². The van der Waals surface area contributed by atoms with Gasteiger partial charge < -0.3 is 9.84 Å². The zero-order valence-electron chi connectivity index (χ0n) is 18.1. The van der Waals surface area contributed by atoms with E-state index in [0.717, 1.165) is 16.7 Å². The van der Waals surface area contributed by atoms with Crippen LogP contribution >= 0.6 is 0 Å². The average molecular weight is 417 g/mol. The topological polar surface area (TPSA) is 29.5 Å². The first-order valence-corrected chi connectivity index (χ1v) is 11.1. The zero-order valence-corrected chi connectivity index (χ0v) is 18.1. The van der Waals surface area contributed by atoms with E-state index in [9.17, 15) is 5.11 Å². The van der Waals surface area contributed by atoms with Gasteiger partial charge in [-0.15, -0.1) is 0 Å². The van der Waals surface area contributed by atoms with Crippen LogP contribution in [0.3, 0.4) is 0 Å². The maximum atomic E-state index is 10.6. The highest BCUT2D eigenvalue weighted by atomic mass is 16.5. The van der Waals surface area contributed by atoms with Crippen LogP contribution in [-0.2, 0) is 24.6 Å². The summed E-state index contributed by atoms with van der Waals surface area (Å²) in [5, 5.41) is 15.5. The summed E-state index contributed by atoms with van der Waals surface area (Å²) in [6.07, 6.45) is 0. The minimum Gasteiger partial charge on any atom is -0.392 e. The Bertz CT molecular complexity index is 1480. The summed E-state index contributed by atoms with van der Waals surface area (Å²) in [6.45, 7) is 3.31. The Balaban J connectivity index is 1.72. The van der Waals surface area contributed by atoms with Crippen molar-refractivity contribution < 1.29 is 9.84 Å². The van der Waals surface area contributed by atoms with Crippen molar-refractivity contribution in [3.8, 4) is 22.3 Å². The van der Waals surface area contributed by atoms with Crippen molar-refractivity contribution in [2.45, 2.75) is 26.7 Å². The van der Waals surface area contributed by atoms with Crippen molar-refractivity contribution in [2.75, 3.05) is 0 Å². The third-order valence-electron chi connectivity index (χ3n) is 6.87. The summed E-state index contributed by atoms with van der Waals surface area (Å²) in [6, 6.07) is 29.9. The molecule has 6 rings (SSSR count). The van der Waals surface area contributed by atoms with Gasteiger partial charge in [-0.1, -0.05) is 84.9 Å². The monoisotopic (exact) mass is 416 g/mol. The highest BCUT2D eigenvalue weighted by molar-refractivity contribution is 6.02. The molecule has 0 fully saturated rings. The highest BCUT2D eigenvalue weighted by Gasteiger charge is 2.27. The number of rotatable bonds is 3. The molecule has 5 aromatic rings. The van der Waals surface area contributed by atoms with Crippen LogP contribution in [0, 0.1) is 6.92 Å². The van der Waals surface area contributed by atoms with Gasteiger partial charge in [0, 0.05) is 0 Å². The lowest BCUT2D eigenvalue weighted by Crippen LogP contribution is -2.04. The fourth-order valence-electron chi connectivity index (χ4n) is 5.40. The van der Waals surface area contributed by atoms with Gasteiger partial charge in [-0.2, -0.15) is 0 Å². The maximum Gasteiger partial charge on any atom is 0.0731 e. The second-order valence-electron chi connectivity index (χ2n) is 8.51. The second-order valence-corrected chi connectivity index (χ2v) is 8.51. The Kier molecular flexibility index (Phi) is 4.57. The summed E-state index contributed by atoms with van der Waals surface area (Å²) in [5.41, 5.74) is 9.31. The van der Waals surface area contributed by atoms with Gasteiger partial charge in [0.15, 0.2) is 0 Å². The second kappa shape index (κ2) is 7.59. The maximum absolute atomic E-state index is 10.6. The number of hydrogen-bond acceptors (Lipinski definition) is 2.